The largest absolute Gasteiger partial charge is 0.490 e. The number of nitrogens with one attached hydrogen (secondary N) is 1. The highest BCUT2D eigenvalue weighted by molar-refractivity contribution is 5.48. The van der Waals surface area contributed by atoms with Crippen molar-refractivity contribution in [2.75, 3.05) is 40.0 Å². The Labute approximate surface area is 130 Å². The van der Waals surface area contributed by atoms with Crippen molar-refractivity contribution >= 4 is 5.69 Å². The van der Waals surface area contributed by atoms with Gasteiger partial charge in [-0.05, 0) is 18.6 Å². The van der Waals surface area contributed by atoms with E-state index in [0.717, 1.165) is 38.4 Å². The number of ether oxygens (including phenoxy) is 2. The van der Waals surface area contributed by atoms with Crippen LogP contribution in [-0.4, -0.2) is 55.8 Å². The average Bonchev–Trinajstić information content (AvgIpc) is 2.53. The SMILES string of the molecule is COc1ccc(CNC(C)CN2CCOCC2)cc1[N+](=O)[O-]. The van der Waals surface area contributed by atoms with Crippen LogP contribution < -0.4 is 10.1 Å². The Kier molecular flexibility index (Phi) is 6.11. The third-order valence-electron chi connectivity index (χ3n) is 3.73. The van der Waals surface area contributed by atoms with Crippen LogP contribution in [0.2, 0.25) is 0 Å². The molecule has 0 radical (unpaired) electrons. The van der Waals surface area contributed by atoms with Crippen molar-refractivity contribution in [2.24, 2.45) is 0 Å². The third-order valence-corrected chi connectivity index (χ3v) is 3.73. The molecule has 7 nitrogen and oxygen atoms in total. The Morgan fingerprint density at radius 1 is 1.45 bits per heavy atom. The van der Waals surface area contributed by atoms with Crippen molar-refractivity contribution in [2.45, 2.75) is 19.5 Å². The van der Waals surface area contributed by atoms with E-state index < -0.39 is 4.92 Å². The van der Waals surface area contributed by atoms with Crippen molar-refractivity contribution in [3.05, 3.63) is 33.9 Å². The third kappa shape index (κ3) is 4.66. The summed E-state index contributed by atoms with van der Waals surface area (Å²) in [4.78, 5) is 13.0. The molecule has 2 rings (SSSR count). The van der Waals surface area contributed by atoms with Crippen LogP contribution in [0.5, 0.6) is 5.75 Å². The number of nitro groups is 1. The molecule has 1 aliphatic heterocycles. The first-order valence-electron chi connectivity index (χ1n) is 7.45. The van der Waals surface area contributed by atoms with Crippen LogP contribution in [0.4, 0.5) is 5.69 Å². The normalized spacial score (nSPS) is 17.2. The van der Waals surface area contributed by atoms with Crippen molar-refractivity contribution < 1.29 is 14.4 Å². The Bertz CT molecular complexity index is 504. The minimum atomic E-state index is -0.417. The van der Waals surface area contributed by atoms with Crippen LogP contribution in [0.1, 0.15) is 12.5 Å². The van der Waals surface area contributed by atoms with Crippen molar-refractivity contribution in [1.82, 2.24) is 10.2 Å². The van der Waals surface area contributed by atoms with E-state index in [0.29, 0.717) is 12.6 Å². The fourth-order valence-corrected chi connectivity index (χ4v) is 2.52. The molecule has 1 saturated heterocycles. The monoisotopic (exact) mass is 309 g/mol. The number of nitrogens with zero attached hydrogens (tertiary/aromatic N) is 2. The molecule has 1 fully saturated rings. The number of nitro benzene ring substituents is 1. The van der Waals surface area contributed by atoms with E-state index in [1.54, 1.807) is 12.1 Å². The van der Waals surface area contributed by atoms with Gasteiger partial charge in [-0.3, -0.25) is 15.0 Å². The van der Waals surface area contributed by atoms with E-state index in [4.69, 9.17) is 9.47 Å². The number of rotatable bonds is 7. The predicted octanol–water partition coefficient (Wildman–Crippen LogP) is 1.41. The van der Waals surface area contributed by atoms with E-state index in [9.17, 15) is 10.1 Å². The van der Waals surface area contributed by atoms with E-state index in [1.165, 1.54) is 7.11 Å². The van der Waals surface area contributed by atoms with Gasteiger partial charge < -0.3 is 14.8 Å². The highest BCUT2D eigenvalue weighted by Gasteiger charge is 2.16. The summed E-state index contributed by atoms with van der Waals surface area (Å²) in [7, 11) is 1.44. The van der Waals surface area contributed by atoms with Crippen LogP contribution in [0.3, 0.4) is 0 Å². The first-order valence-corrected chi connectivity index (χ1v) is 7.45. The lowest BCUT2D eigenvalue weighted by Crippen LogP contribution is -2.44. The van der Waals surface area contributed by atoms with Gasteiger partial charge in [0, 0.05) is 38.3 Å². The summed E-state index contributed by atoms with van der Waals surface area (Å²) >= 11 is 0. The van der Waals surface area contributed by atoms with Crippen LogP contribution in [0.25, 0.3) is 0 Å². The maximum absolute atomic E-state index is 11.0. The van der Waals surface area contributed by atoms with Gasteiger partial charge in [-0.15, -0.1) is 0 Å². The number of morpholine rings is 1. The molecule has 0 spiro atoms. The molecule has 0 bridgehead atoms. The van der Waals surface area contributed by atoms with Crippen LogP contribution in [0.15, 0.2) is 18.2 Å². The highest BCUT2D eigenvalue weighted by Crippen LogP contribution is 2.27. The summed E-state index contributed by atoms with van der Waals surface area (Å²) in [5, 5.41) is 14.4. The molecule has 0 aromatic heterocycles. The van der Waals surface area contributed by atoms with Crippen molar-refractivity contribution in [3.8, 4) is 5.75 Å². The number of hydrogen-bond donors (Lipinski definition) is 1. The molecule has 1 heterocycles. The van der Waals surface area contributed by atoms with E-state index in [2.05, 4.69) is 17.1 Å². The minimum absolute atomic E-state index is 0.00244. The van der Waals surface area contributed by atoms with Gasteiger partial charge in [0.15, 0.2) is 5.75 Å². The predicted molar refractivity (Wildman–Crippen MR) is 83.2 cm³/mol. The quantitative estimate of drug-likeness (QED) is 0.606. The first-order chi connectivity index (χ1) is 10.6. The van der Waals surface area contributed by atoms with Crippen LogP contribution in [-0.2, 0) is 11.3 Å². The van der Waals surface area contributed by atoms with Gasteiger partial charge >= 0.3 is 5.69 Å². The van der Waals surface area contributed by atoms with E-state index in [-0.39, 0.29) is 11.4 Å². The summed E-state index contributed by atoms with van der Waals surface area (Å²) in [6.07, 6.45) is 0. The Balaban J connectivity index is 1.87. The topological polar surface area (TPSA) is 76.9 Å². The lowest BCUT2D eigenvalue weighted by molar-refractivity contribution is -0.385. The van der Waals surface area contributed by atoms with E-state index in [1.807, 2.05) is 6.07 Å². The summed E-state index contributed by atoms with van der Waals surface area (Å²) < 4.78 is 10.3. The summed E-state index contributed by atoms with van der Waals surface area (Å²) in [5.41, 5.74) is 0.879. The molecule has 122 valence electrons. The van der Waals surface area contributed by atoms with E-state index >= 15 is 0 Å². The molecule has 0 aliphatic carbocycles. The van der Waals surface area contributed by atoms with Crippen LogP contribution in [0, 0.1) is 10.1 Å². The Hall–Kier alpha value is -1.70. The second kappa shape index (κ2) is 8.07. The van der Waals surface area contributed by atoms with Gasteiger partial charge in [-0.2, -0.15) is 0 Å². The zero-order valence-electron chi connectivity index (χ0n) is 13.1. The lowest BCUT2D eigenvalue weighted by Gasteiger charge is -2.29. The molecule has 1 unspecified atom stereocenters. The zero-order chi connectivity index (χ0) is 15.9. The molecule has 1 N–H and O–H groups in total. The van der Waals surface area contributed by atoms with Gasteiger partial charge in [0.05, 0.1) is 25.2 Å². The molecule has 1 aromatic rings. The second-order valence-corrected chi connectivity index (χ2v) is 5.46. The fraction of sp³-hybridized carbons (Fsp3) is 0.600. The average molecular weight is 309 g/mol. The number of methoxy groups -OCH3 is 1. The van der Waals surface area contributed by atoms with Crippen molar-refractivity contribution in [1.29, 1.82) is 0 Å². The van der Waals surface area contributed by atoms with Crippen LogP contribution >= 0.6 is 0 Å². The van der Waals surface area contributed by atoms with Gasteiger partial charge in [0.1, 0.15) is 0 Å². The Morgan fingerprint density at radius 3 is 2.82 bits per heavy atom. The standard InChI is InChI=1S/C15H23N3O4/c1-12(11-17-5-7-22-8-6-17)16-10-13-3-4-15(21-2)14(9-13)18(19)20/h3-4,9,12,16H,5-8,10-11H2,1-2H3. The maximum Gasteiger partial charge on any atom is 0.311 e. The van der Waals surface area contributed by atoms with Gasteiger partial charge in [-0.1, -0.05) is 6.07 Å². The van der Waals surface area contributed by atoms with Gasteiger partial charge in [-0.25, -0.2) is 0 Å². The highest BCUT2D eigenvalue weighted by atomic mass is 16.6. The Morgan fingerprint density at radius 2 is 2.18 bits per heavy atom. The summed E-state index contributed by atoms with van der Waals surface area (Å²) in [5.74, 6) is 0.287. The molecule has 1 atom stereocenters. The molecule has 0 saturated carbocycles. The molecular formula is C15H23N3O4. The van der Waals surface area contributed by atoms with Gasteiger partial charge in [0.25, 0.3) is 0 Å². The lowest BCUT2D eigenvalue weighted by atomic mass is 10.1. The molecule has 1 aliphatic rings. The fourth-order valence-electron chi connectivity index (χ4n) is 2.52. The first kappa shape index (κ1) is 16.7. The maximum atomic E-state index is 11.0. The number of hydrogen-bond acceptors (Lipinski definition) is 6. The second-order valence-electron chi connectivity index (χ2n) is 5.46. The number of benzene rings is 1. The summed E-state index contributed by atoms with van der Waals surface area (Å²) in [6.45, 7) is 7.15. The van der Waals surface area contributed by atoms with Crippen molar-refractivity contribution in [3.63, 3.8) is 0 Å². The molecule has 7 heteroatoms. The van der Waals surface area contributed by atoms with Gasteiger partial charge in [0.2, 0.25) is 0 Å². The summed E-state index contributed by atoms with van der Waals surface area (Å²) in [6, 6.07) is 5.36. The smallest absolute Gasteiger partial charge is 0.311 e. The molecule has 0 amide bonds. The molecular weight excluding hydrogens is 286 g/mol. The molecule has 1 aromatic carbocycles. The molecule has 22 heavy (non-hydrogen) atoms. The zero-order valence-corrected chi connectivity index (χ0v) is 13.1. The minimum Gasteiger partial charge on any atom is -0.490 e.